The molecule has 2 unspecified atom stereocenters. The summed E-state index contributed by atoms with van der Waals surface area (Å²) in [5, 5.41) is 11.8. The lowest BCUT2D eigenvalue weighted by molar-refractivity contribution is -0.119. The Kier molecular flexibility index (Phi) is 6.84. The molecular weight excluding hydrogens is 336 g/mol. The maximum Gasteiger partial charge on any atom is 0.335 e. The van der Waals surface area contributed by atoms with Gasteiger partial charge in [0.2, 0.25) is 5.91 Å². The average molecular weight is 357 g/mol. The molecule has 0 heterocycles. The number of anilines is 1. The highest BCUT2D eigenvalue weighted by atomic mass is 79.9. The number of hydrogen-bond acceptors (Lipinski definition) is 3. The van der Waals surface area contributed by atoms with Gasteiger partial charge in [-0.05, 0) is 38.0 Å². The largest absolute Gasteiger partial charge is 0.478 e. The van der Waals surface area contributed by atoms with Crippen molar-refractivity contribution in [3.63, 3.8) is 0 Å². The summed E-state index contributed by atoms with van der Waals surface area (Å²) in [6.45, 7) is 3.80. The lowest BCUT2D eigenvalue weighted by atomic mass is 10.0. The highest BCUT2D eigenvalue weighted by Gasteiger charge is 2.14. The Labute approximate surface area is 133 Å². The molecule has 4 N–H and O–H groups in total. The number of halogens is 1. The molecule has 116 valence electrons. The Bertz CT molecular complexity index is 518. The first-order valence-corrected chi connectivity index (χ1v) is 7.69. The fraction of sp³-hybridized carbons (Fsp3) is 0.467. The number of hydrogen-bond donors (Lipinski definition) is 3. The Balaban J connectivity index is 2.63. The molecule has 0 aliphatic rings. The van der Waals surface area contributed by atoms with Crippen LogP contribution in [0.3, 0.4) is 0 Å². The maximum absolute atomic E-state index is 12.1. The number of carbonyl (C=O) groups is 2. The summed E-state index contributed by atoms with van der Waals surface area (Å²) in [4.78, 5) is 23.1. The highest BCUT2D eigenvalue weighted by Crippen LogP contribution is 2.21. The SMILES string of the molecule is CC(N)CCCC(C)C(=O)Nc1cc(Br)cc(C(=O)O)c1. The molecule has 1 amide bonds. The van der Waals surface area contributed by atoms with Crippen molar-refractivity contribution < 1.29 is 14.7 Å². The van der Waals surface area contributed by atoms with Crippen LogP contribution in [0.1, 0.15) is 43.5 Å². The molecule has 0 radical (unpaired) electrons. The van der Waals surface area contributed by atoms with Crippen LogP contribution in [-0.4, -0.2) is 23.0 Å². The number of nitrogens with two attached hydrogens (primary N) is 1. The second kappa shape index (κ2) is 8.14. The van der Waals surface area contributed by atoms with Gasteiger partial charge in [0.1, 0.15) is 0 Å². The minimum atomic E-state index is -1.03. The molecule has 0 fully saturated rings. The fourth-order valence-corrected chi connectivity index (χ4v) is 2.42. The molecule has 0 aliphatic carbocycles. The first kappa shape index (κ1) is 17.7. The van der Waals surface area contributed by atoms with Crippen molar-refractivity contribution in [2.45, 2.75) is 39.2 Å². The van der Waals surface area contributed by atoms with Crippen molar-refractivity contribution in [1.82, 2.24) is 0 Å². The lowest BCUT2D eigenvalue weighted by Crippen LogP contribution is -2.21. The van der Waals surface area contributed by atoms with Crippen LogP contribution in [0.2, 0.25) is 0 Å². The predicted molar refractivity (Wildman–Crippen MR) is 86.4 cm³/mol. The van der Waals surface area contributed by atoms with Crippen LogP contribution >= 0.6 is 15.9 Å². The molecule has 0 aliphatic heterocycles. The van der Waals surface area contributed by atoms with Crippen molar-refractivity contribution in [3.05, 3.63) is 28.2 Å². The van der Waals surface area contributed by atoms with E-state index in [-0.39, 0.29) is 23.4 Å². The van der Waals surface area contributed by atoms with Crippen molar-refractivity contribution in [2.24, 2.45) is 11.7 Å². The van der Waals surface area contributed by atoms with Crippen molar-refractivity contribution in [2.75, 3.05) is 5.32 Å². The minimum absolute atomic E-state index is 0.117. The van der Waals surface area contributed by atoms with E-state index < -0.39 is 5.97 Å². The van der Waals surface area contributed by atoms with Crippen LogP contribution in [0.15, 0.2) is 22.7 Å². The number of carboxylic acids is 1. The lowest BCUT2D eigenvalue weighted by Gasteiger charge is -2.13. The normalized spacial score (nSPS) is 13.5. The molecular formula is C15H21BrN2O3. The topological polar surface area (TPSA) is 92.4 Å². The van der Waals surface area contributed by atoms with Crippen LogP contribution in [0.5, 0.6) is 0 Å². The van der Waals surface area contributed by atoms with Crippen molar-refractivity contribution in [3.8, 4) is 0 Å². The Morgan fingerprint density at radius 2 is 1.95 bits per heavy atom. The molecule has 0 saturated carbocycles. The molecule has 0 spiro atoms. The van der Waals surface area contributed by atoms with E-state index >= 15 is 0 Å². The predicted octanol–water partition coefficient (Wildman–Crippen LogP) is 3.24. The Hall–Kier alpha value is -1.40. The van der Waals surface area contributed by atoms with Gasteiger partial charge in [-0.15, -0.1) is 0 Å². The summed E-state index contributed by atoms with van der Waals surface area (Å²) in [5.41, 5.74) is 6.29. The third-order valence-corrected chi connectivity index (χ3v) is 3.61. The van der Waals surface area contributed by atoms with Gasteiger partial charge in [-0.3, -0.25) is 4.79 Å². The summed E-state index contributed by atoms with van der Waals surface area (Å²) in [6, 6.07) is 4.76. The van der Waals surface area contributed by atoms with E-state index in [4.69, 9.17) is 10.8 Å². The second-order valence-electron chi connectivity index (χ2n) is 5.33. The molecule has 21 heavy (non-hydrogen) atoms. The highest BCUT2D eigenvalue weighted by molar-refractivity contribution is 9.10. The third-order valence-electron chi connectivity index (χ3n) is 3.16. The number of nitrogens with one attached hydrogen (secondary N) is 1. The van der Waals surface area contributed by atoms with Gasteiger partial charge < -0.3 is 16.2 Å². The van der Waals surface area contributed by atoms with Gasteiger partial charge in [0, 0.05) is 22.1 Å². The number of aromatic carboxylic acids is 1. The molecule has 5 nitrogen and oxygen atoms in total. The Morgan fingerprint density at radius 3 is 2.52 bits per heavy atom. The second-order valence-corrected chi connectivity index (χ2v) is 6.25. The zero-order valence-electron chi connectivity index (χ0n) is 12.2. The summed E-state index contributed by atoms with van der Waals surface area (Å²) in [6.07, 6.45) is 2.54. The van der Waals surface area contributed by atoms with E-state index in [1.54, 1.807) is 6.07 Å². The van der Waals surface area contributed by atoms with Crippen LogP contribution < -0.4 is 11.1 Å². The van der Waals surface area contributed by atoms with E-state index in [1.165, 1.54) is 12.1 Å². The standard InChI is InChI=1S/C15H21BrN2O3/c1-9(4-3-5-10(2)17)14(19)18-13-7-11(15(20)21)6-12(16)8-13/h6-10H,3-5,17H2,1-2H3,(H,18,19)(H,20,21). The summed E-state index contributed by atoms with van der Waals surface area (Å²) in [7, 11) is 0. The number of rotatable bonds is 7. The average Bonchev–Trinajstić information content (AvgIpc) is 2.37. The fourth-order valence-electron chi connectivity index (χ4n) is 1.93. The smallest absolute Gasteiger partial charge is 0.335 e. The van der Waals surface area contributed by atoms with Gasteiger partial charge in [-0.1, -0.05) is 29.3 Å². The molecule has 0 aromatic heterocycles. The monoisotopic (exact) mass is 356 g/mol. The van der Waals surface area contributed by atoms with Gasteiger partial charge in [0.05, 0.1) is 5.56 Å². The van der Waals surface area contributed by atoms with Gasteiger partial charge in [-0.2, -0.15) is 0 Å². The molecule has 6 heteroatoms. The van der Waals surface area contributed by atoms with Gasteiger partial charge in [0.25, 0.3) is 0 Å². The first-order chi connectivity index (χ1) is 9.79. The van der Waals surface area contributed by atoms with E-state index in [2.05, 4.69) is 21.2 Å². The molecule has 2 atom stereocenters. The third kappa shape index (κ3) is 6.27. The van der Waals surface area contributed by atoms with Gasteiger partial charge >= 0.3 is 5.97 Å². The van der Waals surface area contributed by atoms with E-state index in [1.807, 2.05) is 13.8 Å². The zero-order valence-corrected chi connectivity index (χ0v) is 13.8. The number of benzene rings is 1. The zero-order chi connectivity index (χ0) is 16.0. The number of carboxylic acid groups (broad SMARTS) is 1. The summed E-state index contributed by atoms with van der Waals surface area (Å²) >= 11 is 3.24. The summed E-state index contributed by atoms with van der Waals surface area (Å²) < 4.78 is 0.613. The number of amides is 1. The molecule has 1 rings (SSSR count). The van der Waals surface area contributed by atoms with Crippen LogP contribution in [0.25, 0.3) is 0 Å². The van der Waals surface area contributed by atoms with Crippen molar-refractivity contribution >= 4 is 33.5 Å². The van der Waals surface area contributed by atoms with Crippen LogP contribution in [0.4, 0.5) is 5.69 Å². The Morgan fingerprint density at radius 1 is 1.29 bits per heavy atom. The molecule has 0 bridgehead atoms. The van der Waals surface area contributed by atoms with E-state index in [0.29, 0.717) is 10.2 Å². The minimum Gasteiger partial charge on any atom is -0.478 e. The summed E-state index contributed by atoms with van der Waals surface area (Å²) in [5.74, 6) is -1.29. The van der Waals surface area contributed by atoms with E-state index in [0.717, 1.165) is 19.3 Å². The van der Waals surface area contributed by atoms with Crippen molar-refractivity contribution in [1.29, 1.82) is 0 Å². The van der Waals surface area contributed by atoms with Crippen LogP contribution in [-0.2, 0) is 4.79 Å². The first-order valence-electron chi connectivity index (χ1n) is 6.90. The van der Waals surface area contributed by atoms with Gasteiger partial charge in [0.15, 0.2) is 0 Å². The number of carbonyl (C=O) groups excluding carboxylic acids is 1. The maximum atomic E-state index is 12.1. The molecule has 1 aromatic carbocycles. The van der Waals surface area contributed by atoms with E-state index in [9.17, 15) is 9.59 Å². The quantitative estimate of drug-likeness (QED) is 0.699. The molecule has 0 saturated heterocycles. The van der Waals surface area contributed by atoms with Crippen LogP contribution in [0, 0.1) is 5.92 Å². The molecule has 1 aromatic rings. The van der Waals surface area contributed by atoms with Gasteiger partial charge in [-0.25, -0.2) is 4.79 Å².